The van der Waals surface area contributed by atoms with Gasteiger partial charge in [0.1, 0.15) is 11.4 Å². The summed E-state index contributed by atoms with van der Waals surface area (Å²) in [6.45, 7) is 11.4. The van der Waals surface area contributed by atoms with Gasteiger partial charge in [-0.25, -0.2) is 9.97 Å². The van der Waals surface area contributed by atoms with Gasteiger partial charge in [-0.3, -0.25) is 0 Å². The Bertz CT molecular complexity index is 471. The van der Waals surface area contributed by atoms with Crippen LogP contribution in [0.3, 0.4) is 0 Å². The Balaban J connectivity index is 2.83. The summed E-state index contributed by atoms with van der Waals surface area (Å²) >= 11 is 0. The maximum Gasteiger partial charge on any atom is 0.180 e. The molecule has 0 amide bonds. The van der Waals surface area contributed by atoms with E-state index in [4.69, 9.17) is 10.5 Å². The molecule has 0 aromatic carbocycles. The minimum absolute atomic E-state index is 0.114. The van der Waals surface area contributed by atoms with Crippen molar-refractivity contribution in [3.05, 3.63) is 12.0 Å². The van der Waals surface area contributed by atoms with E-state index in [1.807, 2.05) is 20.8 Å². The van der Waals surface area contributed by atoms with E-state index in [-0.39, 0.29) is 11.6 Å². The fourth-order valence-corrected chi connectivity index (χ4v) is 2.42. The molecule has 0 aliphatic carbocycles. The number of anilines is 1. The lowest BCUT2D eigenvalue weighted by atomic mass is 10.1. The smallest absolute Gasteiger partial charge is 0.180 e. The average Bonchev–Trinajstić information content (AvgIpc) is 2.51. The van der Waals surface area contributed by atoms with Crippen molar-refractivity contribution in [1.82, 2.24) is 9.97 Å². The monoisotopic (exact) mass is 336 g/mol. The van der Waals surface area contributed by atoms with Gasteiger partial charge < -0.3 is 15.8 Å². The van der Waals surface area contributed by atoms with Gasteiger partial charge in [-0.15, -0.1) is 0 Å². The molecule has 1 heterocycles. The summed E-state index contributed by atoms with van der Waals surface area (Å²) in [6.07, 6.45) is 9.70. The van der Waals surface area contributed by atoms with E-state index in [0.717, 1.165) is 31.6 Å². The van der Waals surface area contributed by atoms with Crippen LogP contribution in [0.1, 0.15) is 91.4 Å². The number of ether oxygens (including phenoxy) is 1. The summed E-state index contributed by atoms with van der Waals surface area (Å²) < 4.78 is 5.99. The minimum Gasteiger partial charge on any atom is -0.483 e. The number of unbranched alkanes of at least 4 members (excludes halogenated alkanes) is 4. The van der Waals surface area contributed by atoms with E-state index in [0.29, 0.717) is 11.6 Å². The third-order valence-corrected chi connectivity index (χ3v) is 3.71. The van der Waals surface area contributed by atoms with Crippen molar-refractivity contribution >= 4 is 5.82 Å². The van der Waals surface area contributed by atoms with Crippen LogP contribution in [0.25, 0.3) is 0 Å². The molecule has 0 bridgehead atoms. The first-order chi connectivity index (χ1) is 11.4. The highest BCUT2D eigenvalue weighted by Crippen LogP contribution is 2.27. The van der Waals surface area contributed by atoms with E-state index in [1.165, 1.54) is 25.7 Å². The molecule has 3 N–H and O–H groups in total. The molecule has 0 spiro atoms. The van der Waals surface area contributed by atoms with Crippen LogP contribution in [-0.4, -0.2) is 22.1 Å². The third kappa shape index (κ3) is 7.95. The highest BCUT2D eigenvalue weighted by Gasteiger charge is 2.18. The Labute approximate surface area is 147 Å². The lowest BCUT2D eigenvalue weighted by Gasteiger charge is -2.23. The van der Waals surface area contributed by atoms with Crippen molar-refractivity contribution in [2.45, 2.75) is 91.2 Å². The molecule has 5 nitrogen and oxygen atoms in total. The van der Waals surface area contributed by atoms with Crippen LogP contribution >= 0.6 is 0 Å². The highest BCUT2D eigenvalue weighted by molar-refractivity contribution is 5.49. The predicted octanol–water partition coefficient (Wildman–Crippen LogP) is 4.84. The topological polar surface area (TPSA) is 73.1 Å². The number of rotatable bonds is 11. The SMILES string of the molecule is CCCCCNc1nc(C(N)CCCCC)ncc1OC(C)(C)C. The van der Waals surface area contributed by atoms with Gasteiger partial charge in [0, 0.05) is 6.54 Å². The predicted molar refractivity (Wildman–Crippen MR) is 101 cm³/mol. The van der Waals surface area contributed by atoms with Crippen molar-refractivity contribution in [3.63, 3.8) is 0 Å². The van der Waals surface area contributed by atoms with Crippen molar-refractivity contribution < 1.29 is 4.74 Å². The van der Waals surface area contributed by atoms with E-state index < -0.39 is 0 Å². The number of aromatic nitrogens is 2. The molecule has 1 atom stereocenters. The van der Waals surface area contributed by atoms with Crippen molar-refractivity contribution in [2.75, 3.05) is 11.9 Å². The molecule has 1 aromatic rings. The molecule has 1 aromatic heterocycles. The molecule has 24 heavy (non-hydrogen) atoms. The van der Waals surface area contributed by atoms with E-state index in [1.54, 1.807) is 6.20 Å². The lowest BCUT2D eigenvalue weighted by Crippen LogP contribution is -2.25. The van der Waals surface area contributed by atoms with Crippen LogP contribution in [0.5, 0.6) is 5.75 Å². The number of hydrogen-bond acceptors (Lipinski definition) is 5. The summed E-state index contributed by atoms with van der Waals surface area (Å²) in [7, 11) is 0. The summed E-state index contributed by atoms with van der Waals surface area (Å²) in [5, 5.41) is 3.40. The maximum atomic E-state index is 6.26. The Kier molecular flexibility index (Phi) is 9.04. The van der Waals surface area contributed by atoms with Crippen molar-refractivity contribution in [2.24, 2.45) is 5.73 Å². The molecule has 138 valence electrons. The van der Waals surface area contributed by atoms with Crippen molar-refractivity contribution in [3.8, 4) is 5.75 Å². The van der Waals surface area contributed by atoms with Gasteiger partial charge in [0.25, 0.3) is 0 Å². The molecule has 5 heteroatoms. The van der Waals surface area contributed by atoms with Gasteiger partial charge in [0.05, 0.1) is 12.2 Å². The Hall–Kier alpha value is -1.36. The van der Waals surface area contributed by atoms with Gasteiger partial charge in [-0.1, -0.05) is 46.0 Å². The van der Waals surface area contributed by atoms with Crippen LogP contribution in [-0.2, 0) is 0 Å². The average molecular weight is 337 g/mol. The minimum atomic E-state index is -0.284. The van der Waals surface area contributed by atoms with Crippen LogP contribution < -0.4 is 15.8 Å². The zero-order chi connectivity index (χ0) is 18.0. The number of nitrogens with one attached hydrogen (secondary N) is 1. The van der Waals surface area contributed by atoms with Crippen molar-refractivity contribution in [1.29, 1.82) is 0 Å². The van der Waals surface area contributed by atoms with Crippen LogP contribution in [0, 0.1) is 0 Å². The Morgan fingerprint density at radius 1 is 1.12 bits per heavy atom. The molecular formula is C19H36N4O. The Morgan fingerprint density at radius 2 is 1.79 bits per heavy atom. The van der Waals surface area contributed by atoms with E-state index in [2.05, 4.69) is 29.1 Å². The summed E-state index contributed by atoms with van der Waals surface area (Å²) in [5.74, 6) is 2.16. The molecular weight excluding hydrogens is 300 g/mol. The zero-order valence-electron chi connectivity index (χ0n) is 16.2. The van der Waals surface area contributed by atoms with Gasteiger partial charge in [0.15, 0.2) is 11.6 Å². The lowest BCUT2D eigenvalue weighted by molar-refractivity contribution is 0.130. The molecule has 1 rings (SSSR count). The van der Waals surface area contributed by atoms with Crippen LogP contribution in [0.15, 0.2) is 6.20 Å². The molecule has 0 saturated heterocycles. The fraction of sp³-hybridized carbons (Fsp3) is 0.789. The van der Waals surface area contributed by atoms with Gasteiger partial charge in [-0.05, 0) is 33.6 Å². The molecule has 1 unspecified atom stereocenters. The van der Waals surface area contributed by atoms with Crippen LogP contribution in [0.2, 0.25) is 0 Å². The second-order valence-corrected chi connectivity index (χ2v) is 7.39. The second kappa shape index (κ2) is 10.5. The van der Waals surface area contributed by atoms with Gasteiger partial charge in [-0.2, -0.15) is 0 Å². The number of nitrogens with zero attached hydrogens (tertiary/aromatic N) is 2. The first kappa shape index (κ1) is 20.7. The standard InChI is InChI=1S/C19H36N4O/c1-6-8-10-12-15(20)17-22-14-16(24-19(3,4)5)18(23-17)21-13-11-9-7-2/h14-15H,6-13,20H2,1-5H3,(H,21,22,23). The summed E-state index contributed by atoms with van der Waals surface area (Å²) in [5.41, 5.74) is 5.98. The second-order valence-electron chi connectivity index (χ2n) is 7.39. The molecule has 0 saturated carbocycles. The fourth-order valence-electron chi connectivity index (χ4n) is 2.42. The van der Waals surface area contributed by atoms with Crippen LogP contribution in [0.4, 0.5) is 5.82 Å². The van der Waals surface area contributed by atoms with E-state index >= 15 is 0 Å². The molecule has 0 fully saturated rings. The largest absolute Gasteiger partial charge is 0.483 e. The number of hydrogen-bond donors (Lipinski definition) is 2. The van der Waals surface area contributed by atoms with Gasteiger partial charge in [0.2, 0.25) is 0 Å². The summed E-state index contributed by atoms with van der Waals surface area (Å²) in [4.78, 5) is 9.11. The molecule has 0 radical (unpaired) electrons. The summed E-state index contributed by atoms with van der Waals surface area (Å²) in [6, 6.07) is -0.114. The van der Waals surface area contributed by atoms with E-state index in [9.17, 15) is 0 Å². The quantitative estimate of drug-likeness (QED) is 0.566. The third-order valence-electron chi connectivity index (χ3n) is 3.71. The zero-order valence-corrected chi connectivity index (χ0v) is 16.2. The maximum absolute atomic E-state index is 6.26. The Morgan fingerprint density at radius 3 is 2.42 bits per heavy atom. The molecule has 0 aliphatic rings. The first-order valence-electron chi connectivity index (χ1n) is 9.42. The highest BCUT2D eigenvalue weighted by atomic mass is 16.5. The number of nitrogens with two attached hydrogens (primary N) is 1. The first-order valence-corrected chi connectivity index (χ1v) is 9.42. The van der Waals surface area contributed by atoms with Gasteiger partial charge >= 0.3 is 0 Å². The normalized spacial score (nSPS) is 12.9. The molecule has 0 aliphatic heterocycles.